The lowest BCUT2D eigenvalue weighted by atomic mass is 10.1. The van der Waals surface area contributed by atoms with Gasteiger partial charge in [0.2, 0.25) is 0 Å². The molecule has 2 aromatic rings. The number of aryl methyl sites for hydroxylation is 3. The molecule has 1 unspecified atom stereocenters. The zero-order valence-electron chi connectivity index (χ0n) is 11.9. The summed E-state index contributed by atoms with van der Waals surface area (Å²) in [6.45, 7) is 7.01. The molecular formula is C16H22N2O. The van der Waals surface area contributed by atoms with Gasteiger partial charge in [0.1, 0.15) is 5.76 Å². The Balaban J connectivity index is 1.77. The van der Waals surface area contributed by atoms with Crippen molar-refractivity contribution in [3.05, 3.63) is 52.9 Å². The quantitative estimate of drug-likeness (QED) is 0.863. The lowest BCUT2D eigenvalue weighted by molar-refractivity contribution is 0.391. The number of nitrogens with one attached hydrogen (secondary N) is 1. The van der Waals surface area contributed by atoms with Crippen LogP contribution in [0.5, 0.6) is 0 Å². The number of hydrogen-bond acceptors (Lipinski definition) is 3. The maximum Gasteiger partial charge on any atom is 0.138 e. The van der Waals surface area contributed by atoms with Crippen molar-refractivity contribution in [1.82, 2.24) is 10.5 Å². The highest BCUT2D eigenvalue weighted by Crippen LogP contribution is 2.12. The maximum absolute atomic E-state index is 5.17. The summed E-state index contributed by atoms with van der Waals surface area (Å²) in [6, 6.07) is 11.1. The molecule has 0 saturated carbocycles. The summed E-state index contributed by atoms with van der Waals surface area (Å²) in [5, 5.41) is 7.51. The molecule has 1 N–H and O–H groups in total. The molecule has 0 aliphatic rings. The Morgan fingerprint density at radius 1 is 1.21 bits per heavy atom. The van der Waals surface area contributed by atoms with Crippen LogP contribution in [0.3, 0.4) is 0 Å². The minimum absolute atomic E-state index is 0.480. The first kappa shape index (κ1) is 13.8. The molecule has 1 atom stereocenters. The van der Waals surface area contributed by atoms with E-state index in [-0.39, 0.29) is 0 Å². The van der Waals surface area contributed by atoms with Crippen molar-refractivity contribution in [2.45, 2.75) is 46.2 Å². The molecular weight excluding hydrogens is 236 g/mol. The summed E-state index contributed by atoms with van der Waals surface area (Å²) < 4.78 is 5.17. The van der Waals surface area contributed by atoms with Crippen molar-refractivity contribution in [2.24, 2.45) is 0 Å². The Morgan fingerprint density at radius 3 is 2.58 bits per heavy atom. The standard InChI is InChI=1S/C16H22N2O/c1-12(9-10-15-7-5-4-6-8-15)17-11-16-13(2)18-19-14(16)3/h4-8,12,17H,9-11H2,1-3H3. The zero-order valence-corrected chi connectivity index (χ0v) is 11.9. The van der Waals surface area contributed by atoms with Crippen molar-refractivity contribution in [2.75, 3.05) is 0 Å². The molecule has 0 aliphatic heterocycles. The highest BCUT2D eigenvalue weighted by Gasteiger charge is 2.10. The molecule has 0 saturated heterocycles. The summed E-state index contributed by atoms with van der Waals surface area (Å²) in [7, 11) is 0. The van der Waals surface area contributed by atoms with Crippen LogP contribution in [0.25, 0.3) is 0 Å². The van der Waals surface area contributed by atoms with Crippen molar-refractivity contribution >= 4 is 0 Å². The van der Waals surface area contributed by atoms with Gasteiger partial charge in [0.15, 0.2) is 0 Å². The van der Waals surface area contributed by atoms with Gasteiger partial charge in [-0.15, -0.1) is 0 Å². The summed E-state index contributed by atoms with van der Waals surface area (Å²) >= 11 is 0. The van der Waals surface area contributed by atoms with Crippen molar-refractivity contribution in [3.63, 3.8) is 0 Å². The minimum Gasteiger partial charge on any atom is -0.361 e. The van der Waals surface area contributed by atoms with E-state index >= 15 is 0 Å². The van der Waals surface area contributed by atoms with E-state index < -0.39 is 0 Å². The van der Waals surface area contributed by atoms with Crippen LogP contribution in [0, 0.1) is 13.8 Å². The fourth-order valence-corrected chi connectivity index (χ4v) is 2.16. The van der Waals surface area contributed by atoms with E-state index in [1.165, 1.54) is 11.1 Å². The van der Waals surface area contributed by atoms with Gasteiger partial charge >= 0.3 is 0 Å². The first-order valence-corrected chi connectivity index (χ1v) is 6.86. The molecule has 0 bridgehead atoms. The molecule has 1 heterocycles. The van der Waals surface area contributed by atoms with E-state index in [1.54, 1.807) is 0 Å². The van der Waals surface area contributed by atoms with Gasteiger partial charge in [0.25, 0.3) is 0 Å². The number of aromatic nitrogens is 1. The third kappa shape index (κ3) is 3.93. The van der Waals surface area contributed by atoms with Crippen LogP contribution < -0.4 is 5.32 Å². The molecule has 3 nitrogen and oxygen atoms in total. The lowest BCUT2D eigenvalue weighted by Crippen LogP contribution is -2.26. The Morgan fingerprint density at radius 2 is 1.95 bits per heavy atom. The third-order valence-electron chi connectivity index (χ3n) is 3.52. The van der Waals surface area contributed by atoms with Gasteiger partial charge in [-0.2, -0.15) is 0 Å². The second-order valence-corrected chi connectivity index (χ2v) is 5.11. The molecule has 0 fully saturated rings. The van der Waals surface area contributed by atoms with Crippen molar-refractivity contribution in [3.8, 4) is 0 Å². The SMILES string of the molecule is Cc1noc(C)c1CNC(C)CCc1ccccc1. The second-order valence-electron chi connectivity index (χ2n) is 5.11. The van der Waals surface area contributed by atoms with Gasteiger partial charge in [-0.3, -0.25) is 0 Å². The summed E-state index contributed by atoms with van der Waals surface area (Å²) in [6.07, 6.45) is 2.24. The predicted molar refractivity (Wildman–Crippen MR) is 77.0 cm³/mol. The number of hydrogen-bond donors (Lipinski definition) is 1. The third-order valence-corrected chi connectivity index (χ3v) is 3.52. The Kier molecular flexibility index (Phi) is 4.74. The summed E-state index contributed by atoms with van der Waals surface area (Å²) in [5.74, 6) is 0.917. The normalized spacial score (nSPS) is 12.6. The van der Waals surface area contributed by atoms with E-state index in [0.717, 1.165) is 30.8 Å². The zero-order chi connectivity index (χ0) is 13.7. The largest absolute Gasteiger partial charge is 0.361 e. The molecule has 0 radical (unpaired) electrons. The first-order valence-electron chi connectivity index (χ1n) is 6.86. The lowest BCUT2D eigenvalue weighted by Gasteiger charge is -2.13. The number of benzene rings is 1. The Hall–Kier alpha value is -1.61. The molecule has 0 spiro atoms. The molecule has 0 aliphatic carbocycles. The molecule has 0 amide bonds. The fourth-order valence-electron chi connectivity index (χ4n) is 2.16. The average molecular weight is 258 g/mol. The maximum atomic E-state index is 5.17. The van der Waals surface area contributed by atoms with Crippen LogP contribution in [-0.4, -0.2) is 11.2 Å². The smallest absolute Gasteiger partial charge is 0.138 e. The molecule has 19 heavy (non-hydrogen) atoms. The van der Waals surface area contributed by atoms with Crippen LogP contribution in [0.15, 0.2) is 34.9 Å². The van der Waals surface area contributed by atoms with Gasteiger partial charge in [0.05, 0.1) is 5.69 Å². The summed E-state index contributed by atoms with van der Waals surface area (Å²) in [4.78, 5) is 0. The molecule has 102 valence electrons. The van der Waals surface area contributed by atoms with Crippen LogP contribution in [0.2, 0.25) is 0 Å². The van der Waals surface area contributed by atoms with Gasteiger partial charge in [-0.05, 0) is 39.2 Å². The van der Waals surface area contributed by atoms with Gasteiger partial charge < -0.3 is 9.84 Å². The van der Waals surface area contributed by atoms with Gasteiger partial charge in [-0.1, -0.05) is 35.5 Å². The highest BCUT2D eigenvalue weighted by molar-refractivity contribution is 5.20. The van der Waals surface area contributed by atoms with E-state index in [2.05, 4.69) is 47.7 Å². The van der Waals surface area contributed by atoms with Crippen molar-refractivity contribution < 1.29 is 4.52 Å². The van der Waals surface area contributed by atoms with Crippen LogP contribution >= 0.6 is 0 Å². The van der Waals surface area contributed by atoms with E-state index in [4.69, 9.17) is 4.52 Å². The minimum atomic E-state index is 0.480. The molecule has 1 aromatic carbocycles. The number of nitrogens with zero attached hydrogens (tertiary/aromatic N) is 1. The van der Waals surface area contributed by atoms with E-state index in [0.29, 0.717) is 6.04 Å². The number of rotatable bonds is 6. The molecule has 3 heteroatoms. The first-order chi connectivity index (χ1) is 9.16. The second kappa shape index (κ2) is 6.53. The van der Waals surface area contributed by atoms with E-state index in [1.807, 2.05) is 13.8 Å². The van der Waals surface area contributed by atoms with E-state index in [9.17, 15) is 0 Å². The monoisotopic (exact) mass is 258 g/mol. The predicted octanol–water partition coefficient (Wildman–Crippen LogP) is 3.40. The molecule has 2 rings (SSSR count). The van der Waals surface area contributed by atoms with Crippen molar-refractivity contribution in [1.29, 1.82) is 0 Å². The van der Waals surface area contributed by atoms with Crippen LogP contribution in [0.4, 0.5) is 0 Å². The summed E-state index contributed by atoms with van der Waals surface area (Å²) in [5.41, 5.74) is 3.57. The van der Waals surface area contributed by atoms with Gasteiger partial charge in [-0.25, -0.2) is 0 Å². The van der Waals surface area contributed by atoms with Crippen LogP contribution in [-0.2, 0) is 13.0 Å². The van der Waals surface area contributed by atoms with Gasteiger partial charge in [0, 0.05) is 18.2 Å². The topological polar surface area (TPSA) is 38.1 Å². The Labute approximate surface area is 115 Å². The Bertz CT molecular complexity index is 485. The average Bonchev–Trinajstić information content (AvgIpc) is 2.75. The molecule has 1 aromatic heterocycles. The highest BCUT2D eigenvalue weighted by atomic mass is 16.5. The van der Waals surface area contributed by atoms with Crippen LogP contribution in [0.1, 0.15) is 35.9 Å². The fraction of sp³-hybridized carbons (Fsp3) is 0.438.